The van der Waals surface area contributed by atoms with Crippen molar-refractivity contribution in [3.05, 3.63) is 12.4 Å². The van der Waals surface area contributed by atoms with E-state index in [0.29, 0.717) is 0 Å². The number of aromatic amines is 1. The second kappa shape index (κ2) is 5.62. The first kappa shape index (κ1) is 10.1. The van der Waals surface area contributed by atoms with E-state index in [-0.39, 0.29) is 0 Å². The predicted molar refractivity (Wildman–Crippen MR) is 56.0 cm³/mol. The van der Waals surface area contributed by atoms with Crippen LogP contribution < -0.4 is 4.90 Å². The molecule has 0 aliphatic heterocycles. The number of nitrogens with one attached hydrogen (secondary N) is 1. The molecule has 1 aromatic rings. The van der Waals surface area contributed by atoms with E-state index < -0.39 is 0 Å². The molecule has 1 rings (SSSR count). The van der Waals surface area contributed by atoms with Crippen molar-refractivity contribution in [2.75, 3.05) is 18.0 Å². The molecule has 0 amide bonds. The highest BCUT2D eigenvalue weighted by Crippen LogP contribution is 2.07. The third-order valence-corrected chi connectivity index (χ3v) is 2.06. The van der Waals surface area contributed by atoms with Crippen molar-refractivity contribution in [3.8, 4) is 0 Å². The summed E-state index contributed by atoms with van der Waals surface area (Å²) in [5.74, 6) is 1.01. The Labute approximate surface area is 80.2 Å². The van der Waals surface area contributed by atoms with E-state index in [0.717, 1.165) is 19.0 Å². The Morgan fingerprint density at radius 3 is 2.69 bits per heavy atom. The van der Waals surface area contributed by atoms with Gasteiger partial charge in [-0.3, -0.25) is 0 Å². The molecule has 3 nitrogen and oxygen atoms in total. The van der Waals surface area contributed by atoms with Crippen LogP contribution in [0.2, 0.25) is 0 Å². The highest BCUT2D eigenvalue weighted by Gasteiger charge is 2.05. The number of rotatable bonds is 6. The lowest BCUT2D eigenvalue weighted by atomic mass is 10.3. The first-order valence-electron chi connectivity index (χ1n) is 5.12. The van der Waals surface area contributed by atoms with Gasteiger partial charge in [-0.15, -0.1) is 0 Å². The van der Waals surface area contributed by atoms with Crippen LogP contribution in [0.5, 0.6) is 0 Å². The van der Waals surface area contributed by atoms with Crippen LogP contribution in [-0.2, 0) is 0 Å². The molecule has 0 saturated carbocycles. The lowest BCUT2D eigenvalue weighted by Gasteiger charge is -2.20. The zero-order chi connectivity index (χ0) is 9.52. The summed E-state index contributed by atoms with van der Waals surface area (Å²) in [7, 11) is 0. The Morgan fingerprint density at radius 1 is 1.31 bits per heavy atom. The van der Waals surface area contributed by atoms with Gasteiger partial charge in [-0.2, -0.15) is 0 Å². The maximum absolute atomic E-state index is 4.26. The third kappa shape index (κ3) is 3.09. The smallest absolute Gasteiger partial charge is 0.202 e. The Kier molecular flexibility index (Phi) is 4.36. The molecule has 0 atom stereocenters. The molecule has 0 bridgehead atoms. The van der Waals surface area contributed by atoms with Crippen LogP contribution in [-0.4, -0.2) is 23.1 Å². The van der Waals surface area contributed by atoms with Crippen molar-refractivity contribution in [1.82, 2.24) is 9.97 Å². The summed E-state index contributed by atoms with van der Waals surface area (Å²) in [6.07, 6.45) is 7.33. The Balaban J connectivity index is 2.47. The quantitative estimate of drug-likeness (QED) is 0.731. The number of anilines is 1. The van der Waals surface area contributed by atoms with Crippen molar-refractivity contribution in [2.45, 2.75) is 33.1 Å². The fourth-order valence-corrected chi connectivity index (χ4v) is 1.37. The van der Waals surface area contributed by atoms with Crippen LogP contribution in [0.1, 0.15) is 33.1 Å². The molecule has 0 aromatic carbocycles. The lowest BCUT2D eigenvalue weighted by Crippen LogP contribution is -2.26. The Bertz CT molecular complexity index is 206. The van der Waals surface area contributed by atoms with Crippen LogP contribution in [0.15, 0.2) is 12.4 Å². The van der Waals surface area contributed by atoms with Gasteiger partial charge in [0.25, 0.3) is 0 Å². The van der Waals surface area contributed by atoms with Crippen molar-refractivity contribution in [1.29, 1.82) is 0 Å². The van der Waals surface area contributed by atoms with Crippen molar-refractivity contribution in [3.63, 3.8) is 0 Å². The van der Waals surface area contributed by atoms with Crippen LogP contribution in [0.25, 0.3) is 0 Å². The van der Waals surface area contributed by atoms with Gasteiger partial charge < -0.3 is 9.88 Å². The van der Waals surface area contributed by atoms with Gasteiger partial charge in [0.15, 0.2) is 0 Å². The largest absolute Gasteiger partial charge is 0.342 e. The number of imidazole rings is 1. The molecule has 1 aromatic heterocycles. The van der Waals surface area contributed by atoms with Crippen LogP contribution in [0.3, 0.4) is 0 Å². The predicted octanol–water partition coefficient (Wildman–Crippen LogP) is 2.43. The molecular formula is C10H19N3. The van der Waals surface area contributed by atoms with Gasteiger partial charge in [0.2, 0.25) is 5.95 Å². The number of aromatic nitrogens is 2. The van der Waals surface area contributed by atoms with E-state index in [1.165, 1.54) is 19.3 Å². The standard InChI is InChI=1S/C10H19N3/c1-3-5-9-13(8-4-2)10-11-6-7-12-10/h6-7H,3-5,8-9H2,1-2H3,(H,11,12). The maximum Gasteiger partial charge on any atom is 0.202 e. The average Bonchev–Trinajstić information content (AvgIpc) is 2.65. The molecule has 0 spiro atoms. The molecule has 0 fully saturated rings. The molecule has 0 radical (unpaired) electrons. The van der Waals surface area contributed by atoms with E-state index in [1.807, 2.05) is 12.4 Å². The number of hydrogen-bond donors (Lipinski definition) is 1. The summed E-state index contributed by atoms with van der Waals surface area (Å²) in [4.78, 5) is 9.71. The van der Waals surface area contributed by atoms with Gasteiger partial charge in [0.05, 0.1) is 0 Å². The number of H-pyrrole nitrogens is 1. The van der Waals surface area contributed by atoms with Crippen LogP contribution in [0, 0.1) is 0 Å². The second-order valence-electron chi connectivity index (χ2n) is 3.25. The van der Waals surface area contributed by atoms with E-state index in [9.17, 15) is 0 Å². The maximum atomic E-state index is 4.26. The molecule has 1 N–H and O–H groups in total. The minimum Gasteiger partial charge on any atom is -0.342 e. The fraction of sp³-hybridized carbons (Fsp3) is 0.700. The molecule has 13 heavy (non-hydrogen) atoms. The van der Waals surface area contributed by atoms with Gasteiger partial charge >= 0.3 is 0 Å². The van der Waals surface area contributed by atoms with Gasteiger partial charge in [0, 0.05) is 25.5 Å². The molecule has 74 valence electrons. The molecule has 0 unspecified atom stereocenters. The third-order valence-electron chi connectivity index (χ3n) is 2.06. The second-order valence-corrected chi connectivity index (χ2v) is 3.25. The summed E-state index contributed by atoms with van der Waals surface area (Å²) >= 11 is 0. The SMILES string of the molecule is CCCCN(CCC)c1ncc[nH]1. The topological polar surface area (TPSA) is 31.9 Å². The van der Waals surface area contributed by atoms with Gasteiger partial charge in [-0.1, -0.05) is 20.3 Å². The average molecular weight is 181 g/mol. The molecule has 0 saturated heterocycles. The summed E-state index contributed by atoms with van der Waals surface area (Å²) in [5, 5.41) is 0. The zero-order valence-electron chi connectivity index (χ0n) is 8.58. The lowest BCUT2D eigenvalue weighted by molar-refractivity contribution is 0.690. The Morgan fingerprint density at radius 2 is 2.15 bits per heavy atom. The normalized spacial score (nSPS) is 10.3. The molecular weight excluding hydrogens is 162 g/mol. The van der Waals surface area contributed by atoms with Crippen molar-refractivity contribution >= 4 is 5.95 Å². The first-order valence-corrected chi connectivity index (χ1v) is 5.12. The first-order chi connectivity index (χ1) is 6.38. The monoisotopic (exact) mass is 181 g/mol. The minimum absolute atomic E-state index is 1.01. The Hall–Kier alpha value is -0.990. The summed E-state index contributed by atoms with van der Waals surface area (Å²) in [5.41, 5.74) is 0. The van der Waals surface area contributed by atoms with E-state index >= 15 is 0 Å². The van der Waals surface area contributed by atoms with Crippen molar-refractivity contribution in [2.24, 2.45) is 0 Å². The molecule has 0 aliphatic rings. The number of nitrogens with zero attached hydrogens (tertiary/aromatic N) is 2. The van der Waals surface area contributed by atoms with Gasteiger partial charge in [-0.25, -0.2) is 4.98 Å². The van der Waals surface area contributed by atoms with E-state index in [1.54, 1.807) is 0 Å². The summed E-state index contributed by atoms with van der Waals surface area (Å²) in [6.45, 7) is 6.61. The number of unbranched alkanes of at least 4 members (excludes halogenated alkanes) is 1. The van der Waals surface area contributed by atoms with Crippen LogP contribution >= 0.6 is 0 Å². The summed E-state index contributed by atoms with van der Waals surface area (Å²) < 4.78 is 0. The number of hydrogen-bond acceptors (Lipinski definition) is 2. The minimum atomic E-state index is 1.01. The molecule has 1 heterocycles. The highest BCUT2D eigenvalue weighted by atomic mass is 15.2. The van der Waals surface area contributed by atoms with E-state index in [4.69, 9.17) is 0 Å². The van der Waals surface area contributed by atoms with E-state index in [2.05, 4.69) is 28.7 Å². The molecule has 3 heteroatoms. The zero-order valence-corrected chi connectivity index (χ0v) is 8.58. The van der Waals surface area contributed by atoms with Crippen LogP contribution in [0.4, 0.5) is 5.95 Å². The van der Waals surface area contributed by atoms with Gasteiger partial charge in [0.1, 0.15) is 0 Å². The fourth-order valence-electron chi connectivity index (χ4n) is 1.37. The van der Waals surface area contributed by atoms with Crippen molar-refractivity contribution < 1.29 is 0 Å². The van der Waals surface area contributed by atoms with Gasteiger partial charge in [-0.05, 0) is 12.8 Å². The molecule has 0 aliphatic carbocycles. The highest BCUT2D eigenvalue weighted by molar-refractivity contribution is 5.28. The summed E-state index contributed by atoms with van der Waals surface area (Å²) in [6, 6.07) is 0.